The van der Waals surface area contributed by atoms with Crippen molar-refractivity contribution in [3.63, 3.8) is 0 Å². The average Bonchev–Trinajstić information content (AvgIpc) is 3.62. The molecule has 14 heteroatoms. The van der Waals surface area contributed by atoms with Crippen LogP contribution in [0, 0.1) is 0 Å². The van der Waals surface area contributed by atoms with E-state index in [0.29, 0.717) is 29.6 Å². The van der Waals surface area contributed by atoms with E-state index < -0.39 is 33.0 Å². The average molecular weight is 567 g/mol. The van der Waals surface area contributed by atoms with Gasteiger partial charge in [0, 0.05) is 37.2 Å². The summed E-state index contributed by atoms with van der Waals surface area (Å²) < 4.78 is 26.4. The number of para-hydroxylation sites is 2. The zero-order valence-corrected chi connectivity index (χ0v) is 22.4. The maximum Gasteiger partial charge on any atom is 0.336 e. The fourth-order valence-corrected chi connectivity index (χ4v) is 7.03. The maximum atomic E-state index is 13.4. The number of carbonyl (C=O) groups is 3. The molecule has 1 aliphatic carbocycles. The maximum absolute atomic E-state index is 13.4. The van der Waals surface area contributed by atoms with Crippen LogP contribution in [0.25, 0.3) is 16.2 Å². The number of urea groups is 1. The lowest BCUT2D eigenvalue weighted by molar-refractivity contribution is -0.125. The van der Waals surface area contributed by atoms with Crippen LogP contribution in [0.1, 0.15) is 11.1 Å². The molecule has 2 aromatic carbocycles. The zero-order chi connectivity index (χ0) is 27.7. The van der Waals surface area contributed by atoms with E-state index in [-0.39, 0.29) is 22.6 Å². The molecule has 200 valence electrons. The summed E-state index contributed by atoms with van der Waals surface area (Å²) in [5.74, 6) is -0.786. The Morgan fingerprint density at radius 2 is 1.82 bits per heavy atom. The van der Waals surface area contributed by atoms with Crippen LogP contribution < -0.4 is 16.3 Å². The Labute approximate surface area is 225 Å². The van der Waals surface area contributed by atoms with Gasteiger partial charge in [-0.1, -0.05) is 18.2 Å². The number of carbonyl (C=O) groups excluding carboxylic acids is 3. The number of hydrogen-bond acceptors (Lipinski definition) is 8. The number of fused-ring (bicyclic) bond motifs is 2. The number of rotatable bonds is 5. The number of imidazole rings is 1. The van der Waals surface area contributed by atoms with E-state index in [1.54, 1.807) is 43.4 Å². The number of nitrogens with one attached hydrogen (secondary N) is 2. The third-order valence-electron chi connectivity index (χ3n) is 7.23. The van der Waals surface area contributed by atoms with Crippen LogP contribution in [-0.4, -0.2) is 64.1 Å². The Morgan fingerprint density at radius 1 is 1.10 bits per heavy atom. The molecular formula is C25H22N6O6S2. The summed E-state index contributed by atoms with van der Waals surface area (Å²) in [6, 6.07) is 11.8. The van der Waals surface area contributed by atoms with Gasteiger partial charge in [-0.3, -0.25) is 19.5 Å². The predicted octanol–water partition coefficient (Wildman–Crippen LogP) is 1.31. The first-order valence-corrected chi connectivity index (χ1v) is 14.6. The molecule has 12 nitrogen and oxygen atoms in total. The van der Waals surface area contributed by atoms with Crippen molar-refractivity contribution in [3.8, 4) is 5.13 Å². The van der Waals surface area contributed by atoms with Crippen molar-refractivity contribution in [2.45, 2.75) is 30.0 Å². The van der Waals surface area contributed by atoms with E-state index in [1.807, 2.05) is 6.07 Å². The fraction of sp³-hybridized carbons (Fsp3) is 0.240. The highest BCUT2D eigenvalue weighted by Gasteiger charge is 2.54. The SMILES string of the molecule is CN1C(=O)NC(=O)C12Cc1ccc(NC(=O)Cn3c(=O)n(-c4nc(S(C)(=O)=O)cs4)c4ccccc43)cc1C2. The van der Waals surface area contributed by atoms with Crippen molar-refractivity contribution in [2.75, 3.05) is 18.6 Å². The molecule has 1 atom stereocenters. The lowest BCUT2D eigenvalue weighted by Gasteiger charge is -2.27. The van der Waals surface area contributed by atoms with Gasteiger partial charge in [-0.15, -0.1) is 11.3 Å². The summed E-state index contributed by atoms with van der Waals surface area (Å²) in [5, 5.41) is 6.60. The number of sulfone groups is 1. The van der Waals surface area contributed by atoms with E-state index in [9.17, 15) is 27.6 Å². The quantitative estimate of drug-likeness (QED) is 0.346. The largest absolute Gasteiger partial charge is 0.336 e. The summed E-state index contributed by atoms with van der Waals surface area (Å²) in [4.78, 5) is 56.6. The molecule has 3 heterocycles. The summed E-state index contributed by atoms with van der Waals surface area (Å²) >= 11 is 1.02. The molecule has 4 aromatic rings. The minimum Gasteiger partial charge on any atom is -0.325 e. The van der Waals surface area contributed by atoms with Crippen LogP contribution in [0.15, 0.2) is 57.7 Å². The minimum absolute atomic E-state index is 0.131. The highest BCUT2D eigenvalue weighted by molar-refractivity contribution is 7.90. The Hall–Kier alpha value is -4.30. The van der Waals surface area contributed by atoms with Crippen LogP contribution in [0.5, 0.6) is 0 Å². The Morgan fingerprint density at radius 3 is 2.49 bits per heavy atom. The summed E-state index contributed by atoms with van der Waals surface area (Å²) in [7, 11) is -1.96. The van der Waals surface area contributed by atoms with Gasteiger partial charge in [0.15, 0.2) is 20.0 Å². The second-order valence-corrected chi connectivity index (χ2v) is 12.5. The van der Waals surface area contributed by atoms with E-state index in [0.717, 1.165) is 28.7 Å². The second-order valence-electron chi connectivity index (χ2n) is 9.67. The van der Waals surface area contributed by atoms with Crippen LogP contribution >= 0.6 is 11.3 Å². The van der Waals surface area contributed by atoms with E-state index in [1.165, 1.54) is 19.4 Å². The normalized spacial score (nSPS) is 18.7. The first kappa shape index (κ1) is 25.0. The van der Waals surface area contributed by atoms with Gasteiger partial charge in [-0.2, -0.15) is 0 Å². The van der Waals surface area contributed by atoms with Gasteiger partial charge < -0.3 is 10.2 Å². The molecule has 0 bridgehead atoms. The highest BCUT2D eigenvalue weighted by atomic mass is 32.2. The van der Waals surface area contributed by atoms with Gasteiger partial charge in [0.1, 0.15) is 12.1 Å². The van der Waals surface area contributed by atoms with Crippen molar-refractivity contribution in [1.29, 1.82) is 0 Å². The molecule has 2 aromatic heterocycles. The zero-order valence-electron chi connectivity index (χ0n) is 20.8. The number of anilines is 1. The molecular weight excluding hydrogens is 544 g/mol. The van der Waals surface area contributed by atoms with Crippen molar-refractivity contribution >= 4 is 55.7 Å². The van der Waals surface area contributed by atoms with Gasteiger partial charge >= 0.3 is 11.7 Å². The lowest BCUT2D eigenvalue weighted by Crippen LogP contribution is -2.48. The van der Waals surface area contributed by atoms with Crippen molar-refractivity contribution in [2.24, 2.45) is 0 Å². The van der Waals surface area contributed by atoms with Crippen molar-refractivity contribution in [1.82, 2.24) is 24.3 Å². The molecule has 2 aliphatic rings. The molecule has 4 amide bonds. The van der Waals surface area contributed by atoms with Crippen LogP contribution in [-0.2, 0) is 38.8 Å². The standard InChI is InChI=1S/C25H22N6O6S2/c1-29-22(34)28-21(33)25(29)10-14-7-8-16(9-15(14)11-25)26-19(32)12-30-17-5-3-4-6-18(17)31(24(30)35)23-27-20(13-38-23)39(2,36)37/h3-9,13H,10-12H2,1-2H3,(H,26,32)(H,28,33,34). The van der Waals surface area contributed by atoms with E-state index >= 15 is 0 Å². The van der Waals surface area contributed by atoms with Crippen molar-refractivity contribution < 1.29 is 22.8 Å². The van der Waals surface area contributed by atoms with E-state index in [2.05, 4.69) is 15.6 Å². The topological polar surface area (TPSA) is 152 Å². The number of thiazole rings is 1. The van der Waals surface area contributed by atoms with Crippen LogP contribution in [0.2, 0.25) is 0 Å². The highest BCUT2D eigenvalue weighted by Crippen LogP contribution is 2.38. The Balaban J connectivity index is 1.27. The minimum atomic E-state index is -3.55. The Kier molecular flexibility index (Phi) is 5.52. The summed E-state index contributed by atoms with van der Waals surface area (Å²) in [6.45, 7) is -0.294. The number of aromatic nitrogens is 3. The molecule has 1 unspecified atom stereocenters. The predicted molar refractivity (Wildman–Crippen MR) is 143 cm³/mol. The Bertz CT molecular complexity index is 1890. The smallest absolute Gasteiger partial charge is 0.325 e. The number of benzene rings is 2. The summed E-state index contributed by atoms with van der Waals surface area (Å²) in [6.07, 6.45) is 1.76. The molecule has 0 saturated carbocycles. The van der Waals surface area contributed by atoms with Crippen molar-refractivity contribution in [3.05, 3.63) is 69.5 Å². The number of likely N-dealkylation sites (N-methyl/N-ethyl adjacent to an activating group) is 1. The van der Waals surface area contributed by atoms with E-state index in [4.69, 9.17) is 0 Å². The van der Waals surface area contributed by atoms with Gasteiger partial charge in [-0.25, -0.2) is 27.6 Å². The molecule has 2 N–H and O–H groups in total. The number of hydrogen-bond donors (Lipinski definition) is 2. The first-order valence-electron chi connectivity index (χ1n) is 11.8. The molecule has 39 heavy (non-hydrogen) atoms. The summed E-state index contributed by atoms with van der Waals surface area (Å²) in [5.41, 5.74) is 1.74. The second kappa shape index (κ2) is 8.61. The number of amides is 4. The fourth-order valence-electron chi connectivity index (χ4n) is 5.19. The molecule has 6 rings (SSSR count). The monoisotopic (exact) mass is 566 g/mol. The van der Waals surface area contributed by atoms with Crippen LogP contribution in [0.4, 0.5) is 10.5 Å². The van der Waals surface area contributed by atoms with Crippen LogP contribution in [0.3, 0.4) is 0 Å². The lowest BCUT2D eigenvalue weighted by atomic mass is 9.95. The molecule has 1 fully saturated rings. The number of imide groups is 1. The molecule has 1 saturated heterocycles. The number of nitrogens with zero attached hydrogens (tertiary/aromatic N) is 4. The molecule has 1 spiro atoms. The van der Waals surface area contributed by atoms with Gasteiger partial charge in [-0.05, 0) is 35.4 Å². The molecule has 0 radical (unpaired) electrons. The molecule has 1 aliphatic heterocycles. The van der Waals surface area contributed by atoms with Gasteiger partial charge in [0.2, 0.25) is 5.91 Å². The third-order valence-corrected chi connectivity index (χ3v) is 9.17. The van der Waals surface area contributed by atoms with Gasteiger partial charge in [0.05, 0.1) is 11.0 Å². The van der Waals surface area contributed by atoms with Gasteiger partial charge in [0.25, 0.3) is 5.91 Å². The third kappa shape index (κ3) is 3.94. The first-order chi connectivity index (χ1) is 18.5.